The Morgan fingerprint density at radius 2 is 1.76 bits per heavy atom. The van der Waals surface area contributed by atoms with Gasteiger partial charge in [-0.25, -0.2) is 0 Å². The Balaban J connectivity index is 3.09. The van der Waals surface area contributed by atoms with Crippen LogP contribution in [0.1, 0.15) is 11.1 Å². The van der Waals surface area contributed by atoms with Crippen LogP contribution in [0, 0.1) is 11.5 Å². The molecule has 0 aromatic heterocycles. The van der Waals surface area contributed by atoms with E-state index in [1.807, 2.05) is 0 Å². The Morgan fingerprint density at radius 3 is 2.18 bits per heavy atom. The van der Waals surface area contributed by atoms with E-state index in [0.717, 1.165) is 6.07 Å². The van der Waals surface area contributed by atoms with Gasteiger partial charge in [0.05, 0.1) is 10.6 Å². The summed E-state index contributed by atoms with van der Waals surface area (Å²) in [6, 6.07) is 3.58. The zero-order valence-electron chi connectivity index (χ0n) is 9.74. The first-order valence-electron chi connectivity index (χ1n) is 4.99. The minimum absolute atomic E-state index is 0.306. The lowest BCUT2D eigenvalue weighted by Crippen LogP contribution is -2.16. The predicted octanol–water partition coefficient (Wildman–Crippen LogP) is 4.59. The van der Waals surface area contributed by atoms with Gasteiger partial charge in [0.2, 0.25) is 0 Å². The molecule has 0 aliphatic carbocycles. The molecule has 0 saturated heterocycles. The average Bonchev–Trinajstić information content (AvgIpc) is 2.11. The van der Waals surface area contributed by atoms with Crippen molar-refractivity contribution in [3.8, 4) is 11.5 Å². The third kappa shape index (κ3) is 4.45. The fraction of sp³-hybridized carbons (Fsp3) is 0.333. The van der Waals surface area contributed by atoms with Crippen molar-refractivity contribution in [2.24, 2.45) is 0 Å². The molecule has 0 nitrogen and oxygen atoms in total. The lowest BCUT2D eigenvalue weighted by molar-refractivity contribution is -0.137. The number of rotatable bonds is 0. The summed E-state index contributed by atoms with van der Waals surface area (Å²) in [5.74, 6) is 2.86. The van der Waals surface area contributed by atoms with E-state index in [4.69, 9.17) is 11.6 Å². The molecule has 0 N–H and O–H groups in total. The van der Waals surface area contributed by atoms with Crippen LogP contribution in [0.25, 0.3) is 0 Å². The molecule has 1 aromatic carbocycles. The third-order valence-electron chi connectivity index (χ3n) is 1.86. The van der Waals surface area contributed by atoms with Crippen LogP contribution >= 0.6 is 11.6 Å². The van der Waals surface area contributed by atoms with Crippen LogP contribution in [0.4, 0.5) is 13.2 Å². The van der Waals surface area contributed by atoms with Gasteiger partial charge in [-0.15, -0.1) is 5.54 Å². The molecule has 0 heterocycles. The van der Waals surface area contributed by atoms with Gasteiger partial charge < -0.3 is 0 Å². The summed E-state index contributed by atoms with van der Waals surface area (Å²) in [7, 11) is -1.53. The summed E-state index contributed by atoms with van der Waals surface area (Å²) < 4.78 is 37.3. The molecular weight excluding hydrogens is 265 g/mol. The fourth-order valence-corrected chi connectivity index (χ4v) is 1.89. The van der Waals surface area contributed by atoms with Crippen molar-refractivity contribution in [3.05, 3.63) is 34.3 Å². The van der Waals surface area contributed by atoms with Gasteiger partial charge in [0, 0.05) is 5.56 Å². The monoisotopic (exact) mass is 276 g/mol. The molecule has 5 heteroatoms. The summed E-state index contributed by atoms with van der Waals surface area (Å²) in [5.41, 5.74) is 2.77. The largest absolute Gasteiger partial charge is 0.417 e. The van der Waals surface area contributed by atoms with Crippen molar-refractivity contribution in [2.45, 2.75) is 25.8 Å². The van der Waals surface area contributed by atoms with Crippen LogP contribution in [0.2, 0.25) is 24.7 Å². The quantitative estimate of drug-likeness (QED) is 0.480. The summed E-state index contributed by atoms with van der Waals surface area (Å²) in [6.07, 6.45) is -4.41. The maximum absolute atomic E-state index is 12.4. The SMILES string of the molecule is C[Si](C)(C)C#Cc1ccc(C(F)(F)F)c(Cl)c1. The van der Waals surface area contributed by atoms with E-state index in [0.29, 0.717) is 5.56 Å². The number of hydrogen-bond acceptors (Lipinski definition) is 0. The van der Waals surface area contributed by atoms with Gasteiger partial charge in [0.1, 0.15) is 8.07 Å². The Bertz CT molecular complexity index is 475. The molecular formula is C12H12ClF3Si. The minimum atomic E-state index is -4.41. The lowest BCUT2D eigenvalue weighted by Gasteiger charge is -2.08. The second-order valence-electron chi connectivity index (χ2n) is 4.69. The predicted molar refractivity (Wildman–Crippen MR) is 66.7 cm³/mol. The van der Waals surface area contributed by atoms with E-state index in [2.05, 4.69) is 31.1 Å². The molecule has 0 aliphatic heterocycles. The van der Waals surface area contributed by atoms with Crippen LogP contribution in [-0.4, -0.2) is 8.07 Å². The molecule has 0 bridgehead atoms. The summed E-state index contributed by atoms with van der Waals surface area (Å²) >= 11 is 5.59. The van der Waals surface area contributed by atoms with Crippen molar-refractivity contribution in [1.29, 1.82) is 0 Å². The number of hydrogen-bond donors (Lipinski definition) is 0. The topological polar surface area (TPSA) is 0 Å². The number of benzene rings is 1. The number of halogens is 4. The van der Waals surface area contributed by atoms with Crippen molar-refractivity contribution >= 4 is 19.7 Å². The summed E-state index contributed by atoms with van der Waals surface area (Å²) in [6.45, 7) is 6.18. The van der Waals surface area contributed by atoms with Gasteiger partial charge in [-0.2, -0.15) is 13.2 Å². The molecule has 0 unspecified atom stereocenters. The highest BCUT2D eigenvalue weighted by atomic mass is 35.5. The van der Waals surface area contributed by atoms with Crippen LogP contribution < -0.4 is 0 Å². The van der Waals surface area contributed by atoms with Gasteiger partial charge >= 0.3 is 6.18 Å². The zero-order valence-corrected chi connectivity index (χ0v) is 11.5. The van der Waals surface area contributed by atoms with Crippen molar-refractivity contribution in [1.82, 2.24) is 0 Å². The van der Waals surface area contributed by atoms with Gasteiger partial charge in [-0.1, -0.05) is 37.2 Å². The molecule has 0 spiro atoms. The second kappa shape index (κ2) is 4.75. The summed E-state index contributed by atoms with van der Waals surface area (Å²) in [5, 5.41) is -0.306. The van der Waals surface area contributed by atoms with E-state index in [1.165, 1.54) is 12.1 Å². The first kappa shape index (κ1) is 14.1. The van der Waals surface area contributed by atoms with E-state index >= 15 is 0 Å². The van der Waals surface area contributed by atoms with Crippen LogP contribution in [-0.2, 0) is 6.18 Å². The second-order valence-corrected chi connectivity index (χ2v) is 9.85. The molecule has 0 saturated carbocycles. The highest BCUT2D eigenvalue weighted by Gasteiger charge is 2.32. The van der Waals surface area contributed by atoms with Crippen LogP contribution in [0.15, 0.2) is 18.2 Å². The van der Waals surface area contributed by atoms with E-state index < -0.39 is 19.8 Å². The molecule has 1 rings (SSSR count). The average molecular weight is 277 g/mol. The molecule has 0 fully saturated rings. The number of alkyl halides is 3. The van der Waals surface area contributed by atoms with Crippen LogP contribution in [0.3, 0.4) is 0 Å². The van der Waals surface area contributed by atoms with E-state index in [1.54, 1.807) is 0 Å². The zero-order chi connectivity index (χ0) is 13.3. The van der Waals surface area contributed by atoms with E-state index in [9.17, 15) is 13.2 Å². The van der Waals surface area contributed by atoms with Gasteiger partial charge in [0.25, 0.3) is 0 Å². The Morgan fingerprint density at radius 1 is 1.18 bits per heavy atom. The molecule has 0 aliphatic rings. The Hall–Kier alpha value is -0.923. The van der Waals surface area contributed by atoms with Gasteiger partial charge in [-0.3, -0.25) is 0 Å². The van der Waals surface area contributed by atoms with E-state index in [-0.39, 0.29) is 5.02 Å². The highest BCUT2D eigenvalue weighted by Crippen LogP contribution is 2.34. The molecule has 1 aromatic rings. The molecule has 0 radical (unpaired) electrons. The standard InChI is InChI=1S/C12H12ClF3Si/c1-17(2,3)7-6-9-4-5-10(11(13)8-9)12(14,15)16/h4-5,8H,1-3H3. The Labute approximate surface area is 105 Å². The van der Waals surface area contributed by atoms with Crippen molar-refractivity contribution < 1.29 is 13.2 Å². The third-order valence-corrected chi connectivity index (χ3v) is 3.04. The molecule has 92 valence electrons. The normalized spacial score (nSPS) is 11.9. The van der Waals surface area contributed by atoms with Gasteiger partial charge in [0.15, 0.2) is 0 Å². The first-order valence-corrected chi connectivity index (χ1v) is 8.87. The van der Waals surface area contributed by atoms with Crippen molar-refractivity contribution in [3.63, 3.8) is 0 Å². The molecule has 0 atom stereocenters. The fourth-order valence-electron chi connectivity index (χ4n) is 1.08. The molecule has 17 heavy (non-hydrogen) atoms. The summed E-state index contributed by atoms with van der Waals surface area (Å²) in [4.78, 5) is 0. The van der Waals surface area contributed by atoms with Crippen molar-refractivity contribution in [2.75, 3.05) is 0 Å². The first-order chi connectivity index (χ1) is 7.59. The molecule has 0 amide bonds. The minimum Gasteiger partial charge on any atom is -0.166 e. The Kier molecular flexibility index (Phi) is 3.95. The maximum Gasteiger partial charge on any atom is 0.417 e. The maximum atomic E-state index is 12.4. The smallest absolute Gasteiger partial charge is 0.166 e. The lowest BCUT2D eigenvalue weighted by atomic mass is 10.1. The highest BCUT2D eigenvalue weighted by molar-refractivity contribution is 6.83. The van der Waals surface area contributed by atoms with Crippen LogP contribution in [0.5, 0.6) is 0 Å². The van der Waals surface area contributed by atoms with Gasteiger partial charge in [-0.05, 0) is 18.2 Å².